The number of methoxy groups -OCH3 is 1. The highest BCUT2D eigenvalue weighted by Crippen LogP contribution is 2.26. The summed E-state index contributed by atoms with van der Waals surface area (Å²) in [6.07, 6.45) is 1.22. The van der Waals surface area contributed by atoms with Crippen molar-refractivity contribution in [3.63, 3.8) is 0 Å². The molecule has 2 aliphatic rings. The van der Waals surface area contributed by atoms with Gasteiger partial charge >= 0.3 is 0 Å². The van der Waals surface area contributed by atoms with Crippen molar-refractivity contribution in [1.29, 1.82) is 0 Å². The molecular weight excluding hydrogens is 334 g/mol. The molecule has 0 unspecified atom stereocenters. The molecule has 0 aliphatic carbocycles. The van der Waals surface area contributed by atoms with Crippen LogP contribution in [0, 0.1) is 5.92 Å². The fraction of sp³-hybridized carbons (Fsp3) is 0.579. The van der Waals surface area contributed by atoms with Crippen molar-refractivity contribution in [2.75, 3.05) is 57.9 Å². The van der Waals surface area contributed by atoms with Crippen LogP contribution in [-0.2, 0) is 14.3 Å². The van der Waals surface area contributed by atoms with Gasteiger partial charge in [-0.3, -0.25) is 9.59 Å². The van der Waals surface area contributed by atoms with Crippen molar-refractivity contribution in [2.45, 2.75) is 12.8 Å². The maximum atomic E-state index is 12.4. The first-order chi connectivity index (χ1) is 12.7. The Kier molecular flexibility index (Phi) is 6.46. The predicted octanol–water partition coefficient (Wildman–Crippen LogP) is -0.530. The predicted molar refractivity (Wildman–Crippen MR) is 97.5 cm³/mol. The fourth-order valence-corrected chi connectivity index (χ4v) is 3.50. The van der Waals surface area contributed by atoms with Gasteiger partial charge in [0.2, 0.25) is 11.8 Å². The Morgan fingerprint density at radius 2 is 2.04 bits per heavy atom. The van der Waals surface area contributed by atoms with E-state index in [1.165, 1.54) is 4.90 Å². The smallest absolute Gasteiger partial charge is 0.227 e. The molecule has 3 rings (SSSR count). The van der Waals surface area contributed by atoms with Crippen LogP contribution in [-0.4, -0.2) is 64.9 Å². The van der Waals surface area contributed by atoms with Gasteiger partial charge in [-0.25, -0.2) is 0 Å². The van der Waals surface area contributed by atoms with Crippen LogP contribution in [0.1, 0.15) is 12.8 Å². The molecule has 1 atom stereocenters. The van der Waals surface area contributed by atoms with Crippen LogP contribution < -0.4 is 19.9 Å². The number of carbonyl (C=O) groups is 2. The Labute approximate surface area is 154 Å². The number of anilines is 1. The number of hydrogen-bond donors (Lipinski definition) is 2. The highest BCUT2D eigenvalue weighted by Gasteiger charge is 2.34. The molecule has 0 spiro atoms. The average molecular weight is 362 g/mol. The van der Waals surface area contributed by atoms with Crippen LogP contribution >= 0.6 is 0 Å². The lowest BCUT2D eigenvalue weighted by molar-refractivity contribution is -0.908. The van der Waals surface area contributed by atoms with Crippen molar-refractivity contribution in [3.05, 3.63) is 24.3 Å². The summed E-state index contributed by atoms with van der Waals surface area (Å²) in [6, 6.07) is 7.35. The summed E-state index contributed by atoms with van der Waals surface area (Å²) in [6.45, 7) is 5.89. The van der Waals surface area contributed by atoms with Crippen molar-refractivity contribution >= 4 is 17.5 Å². The molecule has 2 amide bonds. The molecule has 0 radical (unpaired) electrons. The molecule has 2 saturated heterocycles. The second-order valence-electron chi connectivity index (χ2n) is 6.86. The van der Waals surface area contributed by atoms with Gasteiger partial charge in [-0.15, -0.1) is 0 Å². The lowest BCUT2D eigenvalue weighted by Crippen LogP contribution is -3.14. The molecule has 2 N–H and O–H groups in total. The maximum absolute atomic E-state index is 12.4. The Hall–Kier alpha value is -2.12. The number of quaternary nitrogens is 1. The summed E-state index contributed by atoms with van der Waals surface area (Å²) in [4.78, 5) is 27.9. The van der Waals surface area contributed by atoms with Crippen LogP contribution in [0.15, 0.2) is 24.3 Å². The van der Waals surface area contributed by atoms with Crippen molar-refractivity contribution in [2.24, 2.45) is 5.92 Å². The number of morpholine rings is 1. The molecule has 142 valence electrons. The maximum Gasteiger partial charge on any atom is 0.227 e. The van der Waals surface area contributed by atoms with Gasteiger partial charge in [0.05, 0.1) is 32.8 Å². The van der Waals surface area contributed by atoms with Crippen LogP contribution in [0.2, 0.25) is 0 Å². The number of hydrogen-bond acceptors (Lipinski definition) is 4. The van der Waals surface area contributed by atoms with Gasteiger partial charge in [0.25, 0.3) is 0 Å². The zero-order valence-electron chi connectivity index (χ0n) is 15.3. The van der Waals surface area contributed by atoms with E-state index in [0.717, 1.165) is 50.7 Å². The Bertz CT molecular complexity index is 614. The molecule has 2 fully saturated rings. The largest absolute Gasteiger partial charge is 0.497 e. The summed E-state index contributed by atoms with van der Waals surface area (Å²) in [5.74, 6) is 0.442. The van der Waals surface area contributed by atoms with Gasteiger partial charge in [0.15, 0.2) is 0 Å². The van der Waals surface area contributed by atoms with Gasteiger partial charge in [0.1, 0.15) is 18.8 Å². The van der Waals surface area contributed by atoms with E-state index >= 15 is 0 Å². The third kappa shape index (κ3) is 4.74. The summed E-state index contributed by atoms with van der Waals surface area (Å²) >= 11 is 0. The number of carbonyl (C=O) groups excluding carboxylic acids is 2. The number of amides is 2. The zero-order chi connectivity index (χ0) is 18.4. The minimum atomic E-state index is -0.277. The van der Waals surface area contributed by atoms with Crippen molar-refractivity contribution < 1.29 is 24.0 Å². The summed E-state index contributed by atoms with van der Waals surface area (Å²) in [5, 5.41) is 2.99. The molecule has 26 heavy (non-hydrogen) atoms. The first-order valence-electron chi connectivity index (χ1n) is 9.31. The zero-order valence-corrected chi connectivity index (χ0v) is 15.3. The highest BCUT2D eigenvalue weighted by atomic mass is 16.5. The van der Waals surface area contributed by atoms with E-state index in [1.807, 2.05) is 24.3 Å². The summed E-state index contributed by atoms with van der Waals surface area (Å²) in [7, 11) is 1.61. The Balaban J connectivity index is 1.42. The normalized spacial score (nSPS) is 21.0. The second-order valence-corrected chi connectivity index (χ2v) is 6.86. The minimum absolute atomic E-state index is 0.00641. The fourth-order valence-electron chi connectivity index (χ4n) is 3.50. The van der Waals surface area contributed by atoms with E-state index in [-0.39, 0.29) is 24.2 Å². The lowest BCUT2D eigenvalue weighted by Gasteiger charge is -2.23. The van der Waals surface area contributed by atoms with Crippen molar-refractivity contribution in [3.8, 4) is 5.75 Å². The molecule has 1 aromatic carbocycles. The molecule has 0 bridgehead atoms. The standard InChI is InChI=1S/C19H27N3O4/c1-25-17-5-3-16(4-6-17)22-14-15(13-18(22)23)19(24)20-7-2-8-21-9-11-26-12-10-21/h3-6,15H,2,7-14H2,1H3,(H,20,24)/p+1/t15-/m1/s1. The SMILES string of the molecule is COc1ccc(N2C[C@H](C(=O)NCCC[NH+]3CCOCC3)CC2=O)cc1. The Morgan fingerprint density at radius 1 is 1.31 bits per heavy atom. The van der Waals surface area contributed by atoms with E-state index in [1.54, 1.807) is 12.0 Å². The molecule has 0 saturated carbocycles. The van der Waals surface area contributed by atoms with E-state index in [0.29, 0.717) is 13.1 Å². The first kappa shape index (κ1) is 18.7. The summed E-state index contributed by atoms with van der Waals surface area (Å²) in [5.41, 5.74) is 0.807. The van der Waals surface area contributed by atoms with Gasteiger partial charge in [0, 0.05) is 31.6 Å². The second kappa shape index (κ2) is 9.00. The van der Waals surface area contributed by atoms with Gasteiger partial charge in [-0.1, -0.05) is 0 Å². The molecule has 2 heterocycles. The van der Waals surface area contributed by atoms with Gasteiger partial charge in [-0.2, -0.15) is 0 Å². The van der Waals surface area contributed by atoms with Crippen LogP contribution in [0.4, 0.5) is 5.69 Å². The van der Waals surface area contributed by atoms with Gasteiger partial charge < -0.3 is 24.6 Å². The number of benzene rings is 1. The van der Waals surface area contributed by atoms with Crippen LogP contribution in [0.25, 0.3) is 0 Å². The molecule has 7 nitrogen and oxygen atoms in total. The third-order valence-electron chi connectivity index (χ3n) is 5.09. The van der Waals surface area contributed by atoms with Crippen molar-refractivity contribution in [1.82, 2.24) is 5.32 Å². The topological polar surface area (TPSA) is 72.3 Å². The van der Waals surface area contributed by atoms with E-state index < -0.39 is 0 Å². The van der Waals surface area contributed by atoms with Crippen LogP contribution in [0.3, 0.4) is 0 Å². The van der Waals surface area contributed by atoms with E-state index in [9.17, 15) is 9.59 Å². The Morgan fingerprint density at radius 3 is 2.73 bits per heavy atom. The molecule has 2 aliphatic heterocycles. The number of nitrogens with one attached hydrogen (secondary N) is 2. The molecular formula is C19H28N3O4+. The number of nitrogens with zero attached hydrogens (tertiary/aromatic N) is 1. The van der Waals surface area contributed by atoms with E-state index in [4.69, 9.17) is 9.47 Å². The monoisotopic (exact) mass is 362 g/mol. The minimum Gasteiger partial charge on any atom is -0.497 e. The lowest BCUT2D eigenvalue weighted by atomic mass is 10.1. The van der Waals surface area contributed by atoms with Gasteiger partial charge in [-0.05, 0) is 24.3 Å². The van der Waals surface area contributed by atoms with E-state index in [2.05, 4.69) is 5.32 Å². The average Bonchev–Trinajstić information content (AvgIpc) is 3.08. The number of rotatable bonds is 7. The summed E-state index contributed by atoms with van der Waals surface area (Å²) < 4.78 is 10.5. The first-order valence-corrected chi connectivity index (χ1v) is 9.31. The highest BCUT2D eigenvalue weighted by molar-refractivity contribution is 6.00. The molecule has 1 aromatic rings. The quantitative estimate of drug-likeness (QED) is 0.640. The third-order valence-corrected chi connectivity index (χ3v) is 5.09. The van der Waals surface area contributed by atoms with Crippen LogP contribution in [0.5, 0.6) is 5.75 Å². The molecule has 7 heteroatoms. The molecule has 0 aromatic heterocycles. The number of ether oxygens (including phenoxy) is 2.